The fourth-order valence-corrected chi connectivity index (χ4v) is 2.44. The van der Waals surface area contributed by atoms with Crippen LogP contribution in [0.5, 0.6) is 11.5 Å². The lowest BCUT2D eigenvalue weighted by Gasteiger charge is -2.19. The monoisotopic (exact) mass is 312 g/mol. The first-order chi connectivity index (χ1) is 11.3. The van der Waals surface area contributed by atoms with Crippen molar-refractivity contribution in [1.29, 1.82) is 0 Å². The van der Waals surface area contributed by atoms with Crippen molar-refractivity contribution in [2.45, 2.75) is 13.5 Å². The molecule has 2 aromatic rings. The fraction of sp³-hybridized carbons (Fsp3) is 0.278. The van der Waals surface area contributed by atoms with Crippen LogP contribution in [-0.4, -0.2) is 25.7 Å². The molecule has 2 aromatic carbocycles. The second kappa shape index (κ2) is 7.15. The van der Waals surface area contributed by atoms with E-state index in [0.29, 0.717) is 36.8 Å². The highest BCUT2D eigenvalue weighted by Gasteiger charge is 2.15. The van der Waals surface area contributed by atoms with Crippen LogP contribution >= 0.6 is 0 Å². The van der Waals surface area contributed by atoms with E-state index in [1.165, 1.54) is 0 Å². The SMILES string of the molecule is CCNCc1ccccc1NC(=O)c1ccc2c(c1)OCCO2. The maximum Gasteiger partial charge on any atom is 0.255 e. The number of nitrogens with one attached hydrogen (secondary N) is 2. The summed E-state index contributed by atoms with van der Waals surface area (Å²) < 4.78 is 11.0. The minimum Gasteiger partial charge on any atom is -0.486 e. The molecule has 1 amide bonds. The Bertz CT molecular complexity index is 700. The number of carbonyl (C=O) groups excluding carboxylic acids is 1. The zero-order valence-corrected chi connectivity index (χ0v) is 13.1. The van der Waals surface area contributed by atoms with Gasteiger partial charge in [-0.3, -0.25) is 4.79 Å². The molecule has 0 unspecified atom stereocenters. The number of hydrogen-bond donors (Lipinski definition) is 2. The lowest BCUT2D eigenvalue weighted by molar-refractivity contribution is 0.102. The zero-order chi connectivity index (χ0) is 16.1. The molecule has 0 aliphatic carbocycles. The van der Waals surface area contributed by atoms with Crippen molar-refractivity contribution in [1.82, 2.24) is 5.32 Å². The van der Waals surface area contributed by atoms with Crippen LogP contribution in [0.2, 0.25) is 0 Å². The van der Waals surface area contributed by atoms with Gasteiger partial charge in [-0.1, -0.05) is 25.1 Å². The average Bonchev–Trinajstić information content (AvgIpc) is 2.60. The first kappa shape index (κ1) is 15.4. The molecule has 5 nitrogen and oxygen atoms in total. The number of benzene rings is 2. The summed E-state index contributed by atoms with van der Waals surface area (Å²) in [4.78, 5) is 12.5. The molecule has 1 heterocycles. The van der Waals surface area contributed by atoms with E-state index in [4.69, 9.17) is 9.47 Å². The third kappa shape index (κ3) is 3.63. The van der Waals surface area contributed by atoms with Gasteiger partial charge in [0.25, 0.3) is 5.91 Å². The van der Waals surface area contributed by atoms with Crippen molar-refractivity contribution in [2.75, 3.05) is 25.1 Å². The van der Waals surface area contributed by atoms with E-state index in [0.717, 1.165) is 17.8 Å². The molecule has 0 bridgehead atoms. The van der Waals surface area contributed by atoms with Crippen LogP contribution < -0.4 is 20.1 Å². The van der Waals surface area contributed by atoms with E-state index < -0.39 is 0 Å². The van der Waals surface area contributed by atoms with Gasteiger partial charge in [-0.25, -0.2) is 0 Å². The zero-order valence-electron chi connectivity index (χ0n) is 13.1. The molecule has 2 N–H and O–H groups in total. The molecule has 3 rings (SSSR count). The number of para-hydroxylation sites is 1. The highest BCUT2D eigenvalue weighted by molar-refractivity contribution is 6.05. The Morgan fingerprint density at radius 2 is 1.87 bits per heavy atom. The van der Waals surface area contributed by atoms with Crippen LogP contribution in [-0.2, 0) is 6.54 Å². The Morgan fingerprint density at radius 3 is 2.70 bits per heavy atom. The quantitative estimate of drug-likeness (QED) is 0.891. The highest BCUT2D eigenvalue weighted by Crippen LogP contribution is 2.31. The average molecular weight is 312 g/mol. The molecule has 0 spiro atoms. The van der Waals surface area contributed by atoms with Crippen molar-refractivity contribution >= 4 is 11.6 Å². The third-order valence-electron chi connectivity index (χ3n) is 3.64. The summed E-state index contributed by atoms with van der Waals surface area (Å²) in [5, 5.41) is 6.24. The van der Waals surface area contributed by atoms with Crippen LogP contribution in [0, 0.1) is 0 Å². The second-order valence-corrected chi connectivity index (χ2v) is 5.25. The minimum atomic E-state index is -0.161. The van der Waals surface area contributed by atoms with Gasteiger partial charge in [0.1, 0.15) is 13.2 Å². The van der Waals surface area contributed by atoms with Crippen molar-refractivity contribution in [3.05, 3.63) is 53.6 Å². The highest BCUT2D eigenvalue weighted by atomic mass is 16.6. The van der Waals surface area contributed by atoms with Gasteiger partial charge in [0.15, 0.2) is 11.5 Å². The lowest BCUT2D eigenvalue weighted by Crippen LogP contribution is -2.18. The molecule has 0 fully saturated rings. The number of carbonyl (C=O) groups is 1. The summed E-state index contributed by atoms with van der Waals surface area (Å²) >= 11 is 0. The molecule has 0 aromatic heterocycles. The predicted molar refractivity (Wildman–Crippen MR) is 89.2 cm³/mol. The van der Waals surface area contributed by atoms with Gasteiger partial charge in [0.05, 0.1) is 0 Å². The number of fused-ring (bicyclic) bond motifs is 1. The number of ether oxygens (including phenoxy) is 2. The number of amides is 1. The predicted octanol–water partition coefficient (Wildman–Crippen LogP) is 2.82. The molecule has 0 atom stereocenters. The minimum absolute atomic E-state index is 0.161. The van der Waals surface area contributed by atoms with Crippen LogP contribution in [0.1, 0.15) is 22.8 Å². The van der Waals surface area contributed by atoms with Crippen molar-refractivity contribution in [3.8, 4) is 11.5 Å². The van der Waals surface area contributed by atoms with Gasteiger partial charge in [-0.2, -0.15) is 0 Å². The Labute approximate surface area is 135 Å². The van der Waals surface area contributed by atoms with Crippen LogP contribution in [0.15, 0.2) is 42.5 Å². The van der Waals surface area contributed by atoms with Gasteiger partial charge in [0, 0.05) is 17.8 Å². The van der Waals surface area contributed by atoms with E-state index in [2.05, 4.69) is 17.6 Å². The Morgan fingerprint density at radius 1 is 1.09 bits per heavy atom. The third-order valence-corrected chi connectivity index (χ3v) is 3.64. The smallest absolute Gasteiger partial charge is 0.255 e. The lowest BCUT2D eigenvalue weighted by atomic mass is 10.1. The Balaban J connectivity index is 1.77. The maximum absolute atomic E-state index is 12.5. The standard InChI is InChI=1S/C18H20N2O3/c1-2-19-12-14-5-3-4-6-15(14)20-18(21)13-7-8-16-17(11-13)23-10-9-22-16/h3-8,11,19H,2,9-10,12H2,1H3,(H,20,21). The van der Waals surface area contributed by atoms with Gasteiger partial charge in [-0.15, -0.1) is 0 Å². The summed E-state index contributed by atoms with van der Waals surface area (Å²) in [5.41, 5.74) is 2.42. The van der Waals surface area contributed by atoms with Gasteiger partial charge in [0.2, 0.25) is 0 Å². The van der Waals surface area contributed by atoms with Crippen molar-refractivity contribution in [3.63, 3.8) is 0 Å². The van der Waals surface area contributed by atoms with E-state index in [1.807, 2.05) is 24.3 Å². The van der Waals surface area contributed by atoms with E-state index >= 15 is 0 Å². The number of rotatable bonds is 5. The summed E-state index contributed by atoms with van der Waals surface area (Å²) in [6.45, 7) is 4.69. The summed E-state index contributed by atoms with van der Waals surface area (Å²) in [7, 11) is 0. The molecule has 0 saturated carbocycles. The molecule has 1 aliphatic rings. The van der Waals surface area contributed by atoms with Crippen molar-refractivity contribution < 1.29 is 14.3 Å². The Kier molecular flexibility index (Phi) is 4.78. The molecule has 0 radical (unpaired) electrons. The molecular weight excluding hydrogens is 292 g/mol. The summed E-state index contributed by atoms with van der Waals surface area (Å²) in [5.74, 6) is 1.14. The van der Waals surface area contributed by atoms with Crippen LogP contribution in [0.3, 0.4) is 0 Å². The normalized spacial score (nSPS) is 12.7. The first-order valence-corrected chi connectivity index (χ1v) is 7.77. The topological polar surface area (TPSA) is 59.6 Å². The number of hydrogen-bond acceptors (Lipinski definition) is 4. The van der Waals surface area contributed by atoms with E-state index in [9.17, 15) is 4.79 Å². The van der Waals surface area contributed by atoms with Gasteiger partial charge in [-0.05, 0) is 36.4 Å². The Hall–Kier alpha value is -2.53. The van der Waals surface area contributed by atoms with Gasteiger partial charge < -0.3 is 20.1 Å². The van der Waals surface area contributed by atoms with Crippen LogP contribution in [0.25, 0.3) is 0 Å². The van der Waals surface area contributed by atoms with E-state index in [1.54, 1.807) is 18.2 Å². The van der Waals surface area contributed by atoms with Crippen LogP contribution in [0.4, 0.5) is 5.69 Å². The van der Waals surface area contributed by atoms with E-state index in [-0.39, 0.29) is 5.91 Å². The molecule has 120 valence electrons. The second-order valence-electron chi connectivity index (χ2n) is 5.25. The summed E-state index contributed by atoms with van der Waals surface area (Å²) in [6, 6.07) is 13.0. The maximum atomic E-state index is 12.5. The first-order valence-electron chi connectivity index (χ1n) is 7.77. The molecule has 1 aliphatic heterocycles. The van der Waals surface area contributed by atoms with Gasteiger partial charge >= 0.3 is 0 Å². The molecule has 0 saturated heterocycles. The number of anilines is 1. The summed E-state index contributed by atoms with van der Waals surface area (Å²) in [6.07, 6.45) is 0. The molecule has 23 heavy (non-hydrogen) atoms. The molecular formula is C18H20N2O3. The largest absolute Gasteiger partial charge is 0.486 e. The fourth-order valence-electron chi connectivity index (χ4n) is 2.44. The molecule has 5 heteroatoms. The van der Waals surface area contributed by atoms with Crippen molar-refractivity contribution in [2.24, 2.45) is 0 Å².